The Kier molecular flexibility index (Phi) is 10.3. The Balaban J connectivity index is 1.25. The van der Waals surface area contributed by atoms with Crippen molar-refractivity contribution in [3.8, 4) is 5.75 Å². The van der Waals surface area contributed by atoms with E-state index in [0.29, 0.717) is 28.3 Å². The van der Waals surface area contributed by atoms with Crippen molar-refractivity contribution < 1.29 is 23.9 Å². The molecule has 0 bridgehead atoms. The molecule has 1 aliphatic heterocycles. The lowest BCUT2D eigenvalue weighted by molar-refractivity contribution is -0.119. The van der Waals surface area contributed by atoms with Crippen LogP contribution < -0.4 is 25.7 Å². The first-order valence-electron chi connectivity index (χ1n) is 14.4. The first kappa shape index (κ1) is 31.7. The van der Waals surface area contributed by atoms with Crippen LogP contribution in [-0.2, 0) is 14.4 Å². The minimum atomic E-state index is -0.537. The zero-order chi connectivity index (χ0) is 32.5. The fraction of sp³-hybridized carbons (Fsp3) is 0.114. The van der Waals surface area contributed by atoms with Gasteiger partial charge in [0, 0.05) is 16.1 Å². The van der Waals surface area contributed by atoms with Crippen LogP contribution in [0.15, 0.2) is 125 Å². The third-order valence-electron chi connectivity index (χ3n) is 6.77. The Hall–Kier alpha value is -5.68. The molecule has 0 saturated heterocycles. The van der Waals surface area contributed by atoms with E-state index in [-0.39, 0.29) is 29.8 Å². The van der Waals surface area contributed by atoms with Crippen LogP contribution in [0.25, 0.3) is 6.08 Å². The number of nitrogens with zero attached hydrogens (tertiary/aromatic N) is 2. The standard InChI is InChI=1S/C35H31N5O5S/c1-23(33(42)38-31-22-32(41)40(39-31)27-13-7-4-8-14-27)46-29-15-9-12-26(21-29)36-35(44)30(20-24-16-18-28(45-2)19-17-24)37-34(43)25-10-5-3-6-11-25/h3-21,23H,22H2,1-2H3,(H,36,44)(H,37,43)(H,38,39,42)/b30-20+. The van der Waals surface area contributed by atoms with Crippen LogP contribution in [0.5, 0.6) is 5.75 Å². The van der Waals surface area contributed by atoms with E-state index >= 15 is 0 Å². The number of hydrogen-bond acceptors (Lipinski definition) is 7. The van der Waals surface area contributed by atoms with Crippen molar-refractivity contribution in [2.24, 2.45) is 5.10 Å². The normalized spacial score (nSPS) is 13.4. The SMILES string of the molecule is COc1ccc(/C=C(/NC(=O)c2ccccc2)C(=O)Nc2cccc(SC(C)C(=O)NC3=NN(c4ccccc4)C(=O)C3)c2)cc1. The maximum Gasteiger partial charge on any atom is 0.272 e. The van der Waals surface area contributed by atoms with Crippen molar-refractivity contribution in [2.75, 3.05) is 17.4 Å². The Morgan fingerprint density at radius 3 is 2.28 bits per heavy atom. The first-order chi connectivity index (χ1) is 22.3. The molecular formula is C35H31N5O5S. The van der Waals surface area contributed by atoms with Gasteiger partial charge in [0.15, 0.2) is 0 Å². The lowest BCUT2D eigenvalue weighted by Gasteiger charge is -2.14. The summed E-state index contributed by atoms with van der Waals surface area (Å²) in [7, 11) is 1.56. The molecule has 1 heterocycles. The molecule has 0 fully saturated rings. The summed E-state index contributed by atoms with van der Waals surface area (Å²) in [5.41, 5.74) is 2.23. The molecule has 0 saturated carbocycles. The van der Waals surface area contributed by atoms with E-state index in [9.17, 15) is 19.2 Å². The monoisotopic (exact) mass is 633 g/mol. The van der Waals surface area contributed by atoms with Gasteiger partial charge in [0.2, 0.25) is 5.91 Å². The number of benzene rings is 4. The van der Waals surface area contributed by atoms with Gasteiger partial charge in [-0.05, 0) is 73.2 Å². The van der Waals surface area contributed by atoms with Crippen molar-refractivity contribution in [1.82, 2.24) is 10.6 Å². The second kappa shape index (κ2) is 14.9. The number of ether oxygens (including phenoxy) is 1. The molecule has 11 heteroatoms. The molecule has 4 aromatic carbocycles. The van der Waals surface area contributed by atoms with Gasteiger partial charge >= 0.3 is 0 Å². The van der Waals surface area contributed by atoms with Crippen molar-refractivity contribution in [1.29, 1.82) is 0 Å². The molecule has 10 nitrogen and oxygen atoms in total. The molecule has 5 rings (SSSR count). The molecule has 4 amide bonds. The Labute approximate surface area is 270 Å². The lowest BCUT2D eigenvalue weighted by Crippen LogP contribution is -2.35. The molecule has 4 aromatic rings. The van der Waals surface area contributed by atoms with Crippen LogP contribution in [0.2, 0.25) is 0 Å². The summed E-state index contributed by atoms with van der Waals surface area (Å²) < 4.78 is 5.22. The van der Waals surface area contributed by atoms with E-state index in [2.05, 4.69) is 21.1 Å². The second-order valence-electron chi connectivity index (χ2n) is 10.1. The van der Waals surface area contributed by atoms with Crippen molar-refractivity contribution >= 4 is 58.7 Å². The molecule has 1 unspecified atom stereocenters. The zero-order valence-corrected chi connectivity index (χ0v) is 25.9. The Morgan fingerprint density at radius 2 is 1.59 bits per heavy atom. The highest BCUT2D eigenvalue weighted by molar-refractivity contribution is 8.00. The van der Waals surface area contributed by atoms with Crippen LogP contribution in [0.1, 0.15) is 29.3 Å². The van der Waals surface area contributed by atoms with Gasteiger partial charge in [-0.2, -0.15) is 10.1 Å². The first-order valence-corrected chi connectivity index (χ1v) is 15.2. The number of anilines is 2. The topological polar surface area (TPSA) is 129 Å². The average molecular weight is 634 g/mol. The molecule has 1 aliphatic rings. The maximum absolute atomic E-state index is 13.5. The number of hydrazone groups is 1. The number of amides is 4. The molecule has 0 aromatic heterocycles. The summed E-state index contributed by atoms with van der Waals surface area (Å²) in [5.74, 6) is -0.562. The quantitative estimate of drug-likeness (QED) is 0.157. The Morgan fingerprint density at radius 1 is 0.891 bits per heavy atom. The van der Waals surface area contributed by atoms with Crippen LogP contribution in [0.3, 0.4) is 0 Å². The van der Waals surface area contributed by atoms with Crippen LogP contribution in [0, 0.1) is 0 Å². The molecular weight excluding hydrogens is 602 g/mol. The summed E-state index contributed by atoms with van der Waals surface area (Å²) in [6.45, 7) is 1.74. The molecule has 0 radical (unpaired) electrons. The molecule has 0 aliphatic carbocycles. The predicted octanol–water partition coefficient (Wildman–Crippen LogP) is 5.45. The number of rotatable bonds is 10. The minimum Gasteiger partial charge on any atom is -0.497 e. The van der Waals surface area contributed by atoms with E-state index < -0.39 is 17.1 Å². The number of amidine groups is 1. The molecule has 1 atom stereocenters. The molecule has 0 spiro atoms. The van der Waals surface area contributed by atoms with Crippen LogP contribution in [0.4, 0.5) is 11.4 Å². The van der Waals surface area contributed by atoms with Crippen molar-refractivity contribution in [2.45, 2.75) is 23.5 Å². The highest BCUT2D eigenvalue weighted by Gasteiger charge is 2.27. The fourth-order valence-electron chi connectivity index (χ4n) is 4.43. The summed E-state index contributed by atoms with van der Waals surface area (Å²) in [6.07, 6.45) is 1.57. The van der Waals surface area contributed by atoms with E-state index in [4.69, 9.17) is 4.74 Å². The van der Waals surface area contributed by atoms with Gasteiger partial charge in [0.05, 0.1) is 24.5 Å². The van der Waals surface area contributed by atoms with Gasteiger partial charge in [0.1, 0.15) is 17.3 Å². The van der Waals surface area contributed by atoms with Crippen molar-refractivity contribution in [3.05, 3.63) is 126 Å². The summed E-state index contributed by atoms with van der Waals surface area (Å²) in [5, 5.41) is 13.3. The van der Waals surface area contributed by atoms with E-state index in [1.165, 1.54) is 16.8 Å². The highest BCUT2D eigenvalue weighted by Crippen LogP contribution is 2.27. The third kappa shape index (κ3) is 8.27. The second-order valence-corrected chi connectivity index (χ2v) is 11.6. The molecule has 3 N–H and O–H groups in total. The van der Waals surface area contributed by atoms with Crippen LogP contribution in [-0.4, -0.2) is 41.8 Å². The average Bonchev–Trinajstić information content (AvgIpc) is 3.45. The lowest BCUT2D eigenvalue weighted by atomic mass is 10.1. The number of hydrogen-bond donors (Lipinski definition) is 3. The number of para-hydroxylation sites is 1. The van der Waals surface area contributed by atoms with E-state index in [0.717, 1.165) is 4.90 Å². The zero-order valence-electron chi connectivity index (χ0n) is 25.1. The van der Waals surface area contributed by atoms with Crippen LogP contribution >= 0.6 is 11.8 Å². The summed E-state index contributed by atoms with van der Waals surface area (Å²) in [6, 6.07) is 31.7. The number of carbonyl (C=O) groups is 4. The minimum absolute atomic E-state index is 0.00722. The van der Waals surface area contributed by atoms with Gasteiger partial charge in [-0.1, -0.05) is 54.6 Å². The summed E-state index contributed by atoms with van der Waals surface area (Å²) in [4.78, 5) is 52.6. The third-order valence-corrected chi connectivity index (χ3v) is 7.87. The van der Waals surface area contributed by atoms with Crippen molar-refractivity contribution in [3.63, 3.8) is 0 Å². The van der Waals surface area contributed by atoms with E-state index in [1.807, 2.05) is 24.3 Å². The number of thioether (sulfide) groups is 1. The number of nitrogens with one attached hydrogen (secondary N) is 3. The smallest absolute Gasteiger partial charge is 0.272 e. The summed E-state index contributed by atoms with van der Waals surface area (Å²) >= 11 is 1.28. The van der Waals surface area contributed by atoms with E-state index in [1.54, 1.807) is 105 Å². The molecule has 232 valence electrons. The van der Waals surface area contributed by atoms with Gasteiger partial charge in [0.25, 0.3) is 17.7 Å². The van der Waals surface area contributed by atoms with Gasteiger partial charge in [-0.15, -0.1) is 11.8 Å². The number of methoxy groups -OCH3 is 1. The van der Waals surface area contributed by atoms with Gasteiger partial charge < -0.3 is 20.7 Å². The highest BCUT2D eigenvalue weighted by atomic mass is 32.2. The van der Waals surface area contributed by atoms with Gasteiger partial charge in [-0.25, -0.2) is 0 Å². The predicted molar refractivity (Wildman–Crippen MR) is 179 cm³/mol. The maximum atomic E-state index is 13.5. The number of carbonyl (C=O) groups excluding carboxylic acids is 4. The van der Waals surface area contributed by atoms with Gasteiger partial charge in [-0.3, -0.25) is 19.2 Å². The molecule has 46 heavy (non-hydrogen) atoms. The largest absolute Gasteiger partial charge is 0.497 e. The fourth-order valence-corrected chi connectivity index (χ4v) is 5.35. The Bertz CT molecular complexity index is 1790.